The standard InChI is InChI=1S/C22H25N3O3S2/c1-14-4-7-17(8-5-14)23-21(26)11-25(18-9-6-15(2)16(3)10-18)22-24-19-12-30(27,28)13-20(19)29-22/h4-10,19-20H,11-13H2,1-3H3,(H,23,26). The predicted molar refractivity (Wildman–Crippen MR) is 124 cm³/mol. The highest BCUT2D eigenvalue weighted by Crippen LogP contribution is 2.37. The van der Waals surface area contributed by atoms with Gasteiger partial charge in [-0.25, -0.2) is 8.42 Å². The van der Waals surface area contributed by atoms with E-state index >= 15 is 0 Å². The molecular formula is C22H25N3O3S2. The van der Waals surface area contributed by atoms with Crippen molar-refractivity contribution in [2.24, 2.45) is 4.99 Å². The molecule has 2 aliphatic rings. The molecule has 1 fully saturated rings. The molecule has 30 heavy (non-hydrogen) atoms. The van der Waals surface area contributed by atoms with Crippen LogP contribution >= 0.6 is 11.8 Å². The van der Waals surface area contributed by atoms with Crippen molar-refractivity contribution in [3.05, 3.63) is 59.2 Å². The summed E-state index contributed by atoms with van der Waals surface area (Å²) in [4.78, 5) is 19.4. The van der Waals surface area contributed by atoms with E-state index < -0.39 is 9.84 Å². The lowest BCUT2D eigenvalue weighted by Crippen LogP contribution is -2.36. The number of rotatable bonds is 4. The molecule has 0 radical (unpaired) electrons. The quantitative estimate of drug-likeness (QED) is 0.784. The molecule has 0 aromatic heterocycles. The number of carbonyl (C=O) groups excluding carboxylic acids is 1. The molecule has 0 saturated carbocycles. The van der Waals surface area contributed by atoms with E-state index in [2.05, 4.69) is 5.32 Å². The molecule has 2 unspecified atom stereocenters. The van der Waals surface area contributed by atoms with E-state index in [1.807, 2.05) is 68.1 Å². The number of amidine groups is 1. The third-order valence-corrected chi connectivity index (χ3v) is 8.72. The van der Waals surface area contributed by atoms with Gasteiger partial charge in [0.15, 0.2) is 15.0 Å². The van der Waals surface area contributed by atoms with E-state index in [9.17, 15) is 13.2 Å². The van der Waals surface area contributed by atoms with Crippen LogP contribution in [0.4, 0.5) is 11.4 Å². The Kier molecular flexibility index (Phi) is 5.63. The molecule has 1 N–H and O–H groups in total. The van der Waals surface area contributed by atoms with Crippen LogP contribution < -0.4 is 10.2 Å². The molecule has 1 saturated heterocycles. The molecule has 2 aliphatic heterocycles. The van der Waals surface area contributed by atoms with Gasteiger partial charge in [0.1, 0.15) is 6.54 Å². The van der Waals surface area contributed by atoms with Crippen molar-refractivity contribution >= 4 is 44.0 Å². The summed E-state index contributed by atoms with van der Waals surface area (Å²) in [6, 6.07) is 13.5. The minimum atomic E-state index is -3.02. The highest BCUT2D eigenvalue weighted by atomic mass is 32.2. The number of benzene rings is 2. The van der Waals surface area contributed by atoms with Gasteiger partial charge in [-0.1, -0.05) is 35.5 Å². The molecular weight excluding hydrogens is 418 g/mol. The maximum Gasteiger partial charge on any atom is 0.244 e. The maximum absolute atomic E-state index is 12.8. The Bertz CT molecular complexity index is 1110. The highest BCUT2D eigenvalue weighted by Gasteiger charge is 2.44. The first-order valence-corrected chi connectivity index (χ1v) is 12.6. The van der Waals surface area contributed by atoms with Crippen LogP contribution in [0.15, 0.2) is 47.5 Å². The molecule has 4 rings (SSSR count). The van der Waals surface area contributed by atoms with Gasteiger partial charge in [0, 0.05) is 16.6 Å². The summed E-state index contributed by atoms with van der Waals surface area (Å²) >= 11 is 1.46. The average molecular weight is 444 g/mol. The van der Waals surface area contributed by atoms with Crippen LogP contribution in [0.2, 0.25) is 0 Å². The number of thioether (sulfide) groups is 1. The van der Waals surface area contributed by atoms with Crippen molar-refractivity contribution in [3.63, 3.8) is 0 Å². The lowest BCUT2D eigenvalue weighted by atomic mass is 10.1. The van der Waals surface area contributed by atoms with Gasteiger partial charge < -0.3 is 10.2 Å². The summed E-state index contributed by atoms with van der Waals surface area (Å²) in [5.41, 5.74) is 5.05. The second-order valence-electron chi connectivity index (χ2n) is 7.98. The van der Waals surface area contributed by atoms with Crippen LogP contribution in [0.1, 0.15) is 16.7 Å². The Labute approximate surface area is 181 Å². The number of amides is 1. The third-order valence-electron chi connectivity index (χ3n) is 5.48. The Morgan fingerprint density at radius 1 is 1.10 bits per heavy atom. The molecule has 0 aliphatic carbocycles. The van der Waals surface area contributed by atoms with E-state index in [0.717, 1.165) is 22.5 Å². The van der Waals surface area contributed by atoms with Crippen molar-refractivity contribution < 1.29 is 13.2 Å². The molecule has 8 heteroatoms. The van der Waals surface area contributed by atoms with Gasteiger partial charge in [0.25, 0.3) is 0 Å². The Morgan fingerprint density at radius 3 is 2.50 bits per heavy atom. The Balaban J connectivity index is 1.58. The average Bonchev–Trinajstić information content (AvgIpc) is 3.17. The molecule has 0 bridgehead atoms. The largest absolute Gasteiger partial charge is 0.325 e. The van der Waals surface area contributed by atoms with Crippen molar-refractivity contribution in [2.45, 2.75) is 32.1 Å². The number of anilines is 2. The summed E-state index contributed by atoms with van der Waals surface area (Å²) in [6.07, 6.45) is 0. The van der Waals surface area contributed by atoms with Crippen molar-refractivity contribution in [1.29, 1.82) is 0 Å². The number of aliphatic imine (C=N–C) groups is 1. The van der Waals surface area contributed by atoms with Crippen LogP contribution in [0.25, 0.3) is 0 Å². The van der Waals surface area contributed by atoms with Gasteiger partial charge in [-0.05, 0) is 56.2 Å². The van der Waals surface area contributed by atoms with Gasteiger partial charge in [-0.2, -0.15) is 0 Å². The third kappa shape index (κ3) is 4.54. The first kappa shape index (κ1) is 20.9. The van der Waals surface area contributed by atoms with Gasteiger partial charge in [0.2, 0.25) is 5.91 Å². The molecule has 2 aromatic rings. The summed E-state index contributed by atoms with van der Waals surface area (Å²) in [5, 5.41) is 3.58. The van der Waals surface area contributed by atoms with Crippen molar-refractivity contribution in [2.75, 3.05) is 28.3 Å². The predicted octanol–water partition coefficient (Wildman–Crippen LogP) is 3.33. The van der Waals surface area contributed by atoms with Crippen LogP contribution in [0.5, 0.6) is 0 Å². The number of fused-ring (bicyclic) bond motifs is 1. The number of sulfone groups is 1. The lowest BCUT2D eigenvalue weighted by molar-refractivity contribution is -0.114. The summed E-state index contributed by atoms with van der Waals surface area (Å²) < 4.78 is 23.8. The molecule has 0 spiro atoms. The molecule has 158 valence electrons. The first-order chi connectivity index (χ1) is 14.2. The number of hydrogen-bond donors (Lipinski definition) is 1. The van der Waals surface area contributed by atoms with Crippen LogP contribution in [-0.2, 0) is 14.6 Å². The van der Waals surface area contributed by atoms with Crippen LogP contribution in [0.3, 0.4) is 0 Å². The normalized spacial score (nSPS) is 21.8. The van der Waals surface area contributed by atoms with Gasteiger partial charge in [-0.3, -0.25) is 9.79 Å². The van der Waals surface area contributed by atoms with E-state index in [0.29, 0.717) is 5.17 Å². The highest BCUT2D eigenvalue weighted by molar-refractivity contribution is 8.15. The Hall–Kier alpha value is -2.32. The molecule has 1 amide bonds. The van der Waals surface area contributed by atoms with Crippen molar-refractivity contribution in [3.8, 4) is 0 Å². The molecule has 2 atom stereocenters. The topological polar surface area (TPSA) is 78.8 Å². The number of aryl methyl sites for hydroxylation is 3. The van der Waals surface area contributed by atoms with E-state index in [-0.39, 0.29) is 35.2 Å². The number of nitrogens with one attached hydrogen (secondary N) is 1. The SMILES string of the molecule is Cc1ccc(NC(=O)CN(C2=NC3CS(=O)(=O)CC3S2)c2ccc(C)c(C)c2)cc1. The second kappa shape index (κ2) is 8.07. The molecule has 2 aromatic carbocycles. The summed E-state index contributed by atoms with van der Waals surface area (Å²) in [5.74, 6) is 0.0842. The van der Waals surface area contributed by atoms with E-state index in [1.165, 1.54) is 17.3 Å². The minimum absolute atomic E-state index is 0.0702. The lowest BCUT2D eigenvalue weighted by Gasteiger charge is -2.25. The van der Waals surface area contributed by atoms with Crippen LogP contribution in [-0.4, -0.2) is 48.8 Å². The van der Waals surface area contributed by atoms with Gasteiger partial charge in [0.05, 0.1) is 17.5 Å². The zero-order valence-electron chi connectivity index (χ0n) is 17.3. The van der Waals surface area contributed by atoms with Gasteiger partial charge in [-0.15, -0.1) is 0 Å². The Morgan fingerprint density at radius 2 is 1.83 bits per heavy atom. The van der Waals surface area contributed by atoms with Gasteiger partial charge >= 0.3 is 0 Å². The minimum Gasteiger partial charge on any atom is -0.325 e. The summed E-state index contributed by atoms with van der Waals surface area (Å²) in [6.45, 7) is 6.19. The molecule has 2 heterocycles. The van der Waals surface area contributed by atoms with E-state index in [1.54, 1.807) is 0 Å². The number of carbonyl (C=O) groups is 1. The second-order valence-corrected chi connectivity index (χ2v) is 11.3. The smallest absolute Gasteiger partial charge is 0.244 e. The number of hydrogen-bond acceptors (Lipinski definition) is 6. The fourth-order valence-corrected chi connectivity index (χ4v) is 7.40. The fourth-order valence-electron chi connectivity index (χ4n) is 3.61. The maximum atomic E-state index is 12.8. The zero-order chi connectivity index (χ0) is 21.5. The van der Waals surface area contributed by atoms with Crippen molar-refractivity contribution in [1.82, 2.24) is 0 Å². The van der Waals surface area contributed by atoms with E-state index in [4.69, 9.17) is 4.99 Å². The number of nitrogens with zero attached hydrogens (tertiary/aromatic N) is 2. The zero-order valence-corrected chi connectivity index (χ0v) is 18.9. The monoisotopic (exact) mass is 443 g/mol. The first-order valence-electron chi connectivity index (χ1n) is 9.86. The molecule has 6 nitrogen and oxygen atoms in total. The summed E-state index contributed by atoms with van der Waals surface area (Å²) in [7, 11) is -3.02. The fraction of sp³-hybridized carbons (Fsp3) is 0.364. The van der Waals surface area contributed by atoms with Crippen LogP contribution in [0, 0.1) is 20.8 Å².